The molecular formula is C62H110O6. The van der Waals surface area contributed by atoms with Gasteiger partial charge in [-0.2, -0.15) is 0 Å². The van der Waals surface area contributed by atoms with E-state index in [0.29, 0.717) is 19.3 Å². The van der Waals surface area contributed by atoms with E-state index in [-0.39, 0.29) is 31.1 Å². The lowest BCUT2D eigenvalue weighted by atomic mass is 10.0. The molecule has 0 spiro atoms. The number of carbonyl (C=O) groups excluding carboxylic acids is 3. The van der Waals surface area contributed by atoms with Crippen LogP contribution < -0.4 is 0 Å². The molecule has 0 aromatic heterocycles. The van der Waals surface area contributed by atoms with Gasteiger partial charge in [-0.25, -0.2) is 0 Å². The molecule has 0 saturated carbocycles. The van der Waals surface area contributed by atoms with Crippen LogP contribution in [0.4, 0.5) is 0 Å². The minimum Gasteiger partial charge on any atom is -0.462 e. The number of esters is 3. The summed E-state index contributed by atoms with van der Waals surface area (Å²) in [7, 11) is 0. The number of unbranched alkanes of at least 4 members (excludes halogenated alkanes) is 32. The van der Waals surface area contributed by atoms with Gasteiger partial charge in [-0.1, -0.05) is 261 Å². The van der Waals surface area contributed by atoms with E-state index in [0.717, 1.165) is 103 Å². The first-order chi connectivity index (χ1) is 33.5. The molecule has 0 fully saturated rings. The lowest BCUT2D eigenvalue weighted by Crippen LogP contribution is -2.30. The summed E-state index contributed by atoms with van der Waals surface area (Å²) in [5.74, 6) is -0.884. The SMILES string of the molecule is CC/C=C\C/C=C\C/C=C\C/C=C\CCCCCCCCCCC(=O)OCC(COC(=O)CCCCCCC/C=C\CCC)OC(=O)CCCCCCCCCCCCCCCCCCCCC. The molecule has 1 unspecified atom stereocenters. The van der Waals surface area contributed by atoms with E-state index in [1.54, 1.807) is 0 Å². The summed E-state index contributed by atoms with van der Waals surface area (Å²) in [6.45, 7) is 6.49. The molecule has 394 valence electrons. The third-order valence-electron chi connectivity index (χ3n) is 12.7. The lowest BCUT2D eigenvalue weighted by molar-refractivity contribution is -0.167. The van der Waals surface area contributed by atoms with Crippen molar-refractivity contribution < 1.29 is 28.6 Å². The summed E-state index contributed by atoms with van der Waals surface area (Å²) in [6, 6.07) is 0. The molecule has 0 saturated heterocycles. The van der Waals surface area contributed by atoms with Crippen LogP contribution >= 0.6 is 0 Å². The summed E-state index contributed by atoms with van der Waals surface area (Å²) < 4.78 is 16.8. The fourth-order valence-corrected chi connectivity index (χ4v) is 8.38. The highest BCUT2D eigenvalue weighted by molar-refractivity contribution is 5.71. The molecule has 68 heavy (non-hydrogen) atoms. The summed E-state index contributed by atoms with van der Waals surface area (Å²) in [5.41, 5.74) is 0. The van der Waals surface area contributed by atoms with Crippen molar-refractivity contribution in [3.8, 4) is 0 Å². The summed E-state index contributed by atoms with van der Waals surface area (Å²) in [4.78, 5) is 38.1. The molecule has 0 rings (SSSR count). The number of ether oxygens (including phenoxy) is 3. The molecular weight excluding hydrogens is 841 g/mol. The van der Waals surface area contributed by atoms with Crippen LogP contribution in [-0.4, -0.2) is 37.2 Å². The van der Waals surface area contributed by atoms with E-state index in [4.69, 9.17) is 14.2 Å². The van der Waals surface area contributed by atoms with E-state index >= 15 is 0 Å². The topological polar surface area (TPSA) is 78.9 Å². The van der Waals surface area contributed by atoms with Gasteiger partial charge in [0.05, 0.1) is 0 Å². The van der Waals surface area contributed by atoms with Crippen LogP contribution in [0.15, 0.2) is 60.8 Å². The molecule has 1 atom stereocenters. The van der Waals surface area contributed by atoms with Crippen molar-refractivity contribution in [1.29, 1.82) is 0 Å². The zero-order valence-corrected chi connectivity index (χ0v) is 45.1. The zero-order chi connectivity index (χ0) is 49.3. The predicted molar refractivity (Wildman–Crippen MR) is 293 cm³/mol. The van der Waals surface area contributed by atoms with Crippen molar-refractivity contribution in [3.05, 3.63) is 60.8 Å². The fourth-order valence-electron chi connectivity index (χ4n) is 8.38. The van der Waals surface area contributed by atoms with Crippen molar-refractivity contribution >= 4 is 17.9 Å². The van der Waals surface area contributed by atoms with Crippen LogP contribution in [0.5, 0.6) is 0 Å². The van der Waals surface area contributed by atoms with Gasteiger partial charge < -0.3 is 14.2 Å². The first-order valence-electron chi connectivity index (χ1n) is 29.3. The standard InChI is InChI=1S/C62H110O6/c1-4-7-10-13-16-19-22-24-26-28-30-31-33-34-36-38-40-43-46-49-52-55-61(64)67-58-59(57-66-60(63)54-51-48-45-42-21-18-15-12-9-6-3)68-62(65)56-53-50-47-44-41-39-37-35-32-29-27-25-23-20-17-14-11-8-5-2/h7,10,12,15-16,19,24,26,30-31,59H,4-6,8-9,11,13-14,17-18,20-23,25,27-29,32-58H2,1-3H3/b10-7-,15-12-,19-16-,26-24-,31-30-. The maximum absolute atomic E-state index is 12.9. The molecule has 6 nitrogen and oxygen atoms in total. The van der Waals surface area contributed by atoms with Crippen molar-refractivity contribution in [3.63, 3.8) is 0 Å². The largest absolute Gasteiger partial charge is 0.462 e. The second-order valence-electron chi connectivity index (χ2n) is 19.5. The van der Waals surface area contributed by atoms with Gasteiger partial charge in [0.25, 0.3) is 0 Å². The third kappa shape index (κ3) is 54.1. The minimum atomic E-state index is -0.778. The Balaban J connectivity index is 4.28. The first kappa shape index (κ1) is 65.1. The van der Waals surface area contributed by atoms with Crippen LogP contribution in [0.2, 0.25) is 0 Å². The van der Waals surface area contributed by atoms with E-state index in [9.17, 15) is 14.4 Å². The minimum absolute atomic E-state index is 0.0787. The Morgan fingerprint density at radius 3 is 0.971 bits per heavy atom. The normalized spacial score (nSPS) is 12.5. The number of allylic oxidation sites excluding steroid dienone is 10. The first-order valence-corrected chi connectivity index (χ1v) is 29.3. The number of carbonyl (C=O) groups is 3. The molecule has 0 N–H and O–H groups in total. The van der Waals surface area contributed by atoms with Crippen molar-refractivity contribution in [2.24, 2.45) is 0 Å². The molecule has 0 radical (unpaired) electrons. The van der Waals surface area contributed by atoms with Crippen molar-refractivity contribution in [1.82, 2.24) is 0 Å². The maximum atomic E-state index is 12.9. The van der Waals surface area contributed by atoms with Crippen LogP contribution in [0.1, 0.15) is 297 Å². The molecule has 0 aliphatic carbocycles. The summed E-state index contributed by atoms with van der Waals surface area (Å²) in [6.07, 6.45) is 70.8. The highest BCUT2D eigenvalue weighted by atomic mass is 16.6. The summed E-state index contributed by atoms with van der Waals surface area (Å²) >= 11 is 0. The second-order valence-corrected chi connectivity index (χ2v) is 19.5. The van der Waals surface area contributed by atoms with Gasteiger partial charge in [-0.3, -0.25) is 14.4 Å². The molecule has 0 bridgehead atoms. The van der Waals surface area contributed by atoms with Gasteiger partial charge in [0, 0.05) is 19.3 Å². The van der Waals surface area contributed by atoms with Crippen LogP contribution in [0.25, 0.3) is 0 Å². The highest BCUT2D eigenvalue weighted by Gasteiger charge is 2.19. The van der Waals surface area contributed by atoms with E-state index in [1.807, 2.05) is 0 Å². The lowest BCUT2D eigenvalue weighted by Gasteiger charge is -2.18. The van der Waals surface area contributed by atoms with Crippen LogP contribution in [0.3, 0.4) is 0 Å². The fraction of sp³-hybridized carbons (Fsp3) is 0.790. The number of hydrogen-bond acceptors (Lipinski definition) is 6. The predicted octanol–water partition coefficient (Wildman–Crippen LogP) is 19.6. The Bertz CT molecular complexity index is 1230. The molecule has 0 aromatic carbocycles. The monoisotopic (exact) mass is 951 g/mol. The number of rotatable bonds is 53. The smallest absolute Gasteiger partial charge is 0.306 e. The van der Waals surface area contributed by atoms with E-state index in [2.05, 4.69) is 81.5 Å². The average Bonchev–Trinajstić information content (AvgIpc) is 3.34. The Morgan fingerprint density at radius 2 is 0.603 bits per heavy atom. The van der Waals surface area contributed by atoms with Gasteiger partial charge >= 0.3 is 17.9 Å². The molecule has 0 aliphatic heterocycles. The second kappa shape index (κ2) is 56.7. The molecule has 0 heterocycles. The highest BCUT2D eigenvalue weighted by Crippen LogP contribution is 2.17. The molecule has 0 aliphatic rings. The average molecular weight is 952 g/mol. The van der Waals surface area contributed by atoms with Crippen molar-refractivity contribution in [2.45, 2.75) is 303 Å². The van der Waals surface area contributed by atoms with Crippen molar-refractivity contribution in [2.75, 3.05) is 13.2 Å². The Kier molecular flexibility index (Phi) is 54.3. The Labute approximate surface area is 421 Å². The maximum Gasteiger partial charge on any atom is 0.306 e. The Morgan fingerprint density at radius 1 is 0.309 bits per heavy atom. The van der Waals surface area contributed by atoms with Gasteiger partial charge in [-0.05, 0) is 77.0 Å². The van der Waals surface area contributed by atoms with E-state index < -0.39 is 6.10 Å². The van der Waals surface area contributed by atoms with E-state index in [1.165, 1.54) is 154 Å². The molecule has 0 aromatic rings. The zero-order valence-electron chi connectivity index (χ0n) is 45.1. The van der Waals surface area contributed by atoms with Crippen LogP contribution in [-0.2, 0) is 28.6 Å². The molecule has 6 heteroatoms. The van der Waals surface area contributed by atoms with Gasteiger partial charge in [-0.15, -0.1) is 0 Å². The Hall–Kier alpha value is -2.89. The van der Waals surface area contributed by atoms with Crippen LogP contribution in [0, 0.1) is 0 Å². The third-order valence-corrected chi connectivity index (χ3v) is 12.7. The van der Waals surface area contributed by atoms with Gasteiger partial charge in [0.15, 0.2) is 6.10 Å². The van der Waals surface area contributed by atoms with Gasteiger partial charge in [0.1, 0.15) is 13.2 Å². The quantitative estimate of drug-likeness (QED) is 0.0262. The van der Waals surface area contributed by atoms with Gasteiger partial charge in [0.2, 0.25) is 0 Å². The molecule has 0 amide bonds. The number of hydrogen-bond donors (Lipinski definition) is 0. The summed E-state index contributed by atoms with van der Waals surface area (Å²) in [5, 5.41) is 0.